The van der Waals surface area contributed by atoms with Gasteiger partial charge in [-0.15, -0.1) is 0 Å². The van der Waals surface area contributed by atoms with Gasteiger partial charge in [-0.05, 0) is 19.1 Å². The number of para-hydroxylation sites is 1. The zero-order valence-electron chi connectivity index (χ0n) is 6.92. The number of rotatable bonds is 1. The molecule has 0 atom stereocenters. The minimum absolute atomic E-state index is 0.833. The third kappa shape index (κ3) is 1.01. The smallest absolute Gasteiger partial charge is 0.0669 e. The van der Waals surface area contributed by atoms with Crippen molar-refractivity contribution in [2.75, 3.05) is 0 Å². The largest absolute Gasteiger partial charge is 0.347 e. The van der Waals surface area contributed by atoms with Crippen LogP contribution in [-0.2, 0) is 6.54 Å². The van der Waals surface area contributed by atoms with Crippen LogP contribution in [0.25, 0.3) is 10.9 Å². The van der Waals surface area contributed by atoms with Gasteiger partial charge in [0.15, 0.2) is 0 Å². The molecular weight excluding hydrogens is 170 g/mol. The first-order valence-electron chi connectivity index (χ1n) is 4.06. The van der Waals surface area contributed by atoms with E-state index in [1.165, 1.54) is 5.39 Å². The van der Waals surface area contributed by atoms with E-state index in [-0.39, 0.29) is 0 Å². The Balaban J connectivity index is 2.83. The molecule has 1 aromatic carbocycles. The van der Waals surface area contributed by atoms with Crippen LogP contribution < -0.4 is 0 Å². The molecule has 0 aliphatic heterocycles. The summed E-state index contributed by atoms with van der Waals surface area (Å²) < 4.78 is 2.15. The molecule has 1 aromatic heterocycles. The van der Waals surface area contributed by atoms with E-state index in [0.29, 0.717) is 0 Å². The first-order chi connectivity index (χ1) is 5.83. The van der Waals surface area contributed by atoms with Crippen LogP contribution in [0.15, 0.2) is 30.5 Å². The highest BCUT2D eigenvalue weighted by Crippen LogP contribution is 2.23. The van der Waals surface area contributed by atoms with Gasteiger partial charge in [0.25, 0.3) is 0 Å². The molecule has 0 aliphatic rings. The maximum Gasteiger partial charge on any atom is 0.0669 e. The molecule has 2 rings (SSSR count). The van der Waals surface area contributed by atoms with Crippen molar-refractivity contribution >= 4 is 22.5 Å². The quantitative estimate of drug-likeness (QED) is 0.633. The van der Waals surface area contributed by atoms with Crippen molar-refractivity contribution < 1.29 is 0 Å². The summed E-state index contributed by atoms with van der Waals surface area (Å²) >= 11 is 6.06. The Labute approximate surface area is 76.6 Å². The molecule has 0 radical (unpaired) electrons. The van der Waals surface area contributed by atoms with Crippen molar-refractivity contribution in [3.8, 4) is 0 Å². The van der Waals surface area contributed by atoms with Gasteiger partial charge < -0.3 is 4.57 Å². The van der Waals surface area contributed by atoms with Gasteiger partial charge in [-0.1, -0.05) is 23.7 Å². The van der Waals surface area contributed by atoms with Crippen LogP contribution in [0.3, 0.4) is 0 Å². The molecule has 1 nitrogen and oxygen atoms in total. The maximum absolute atomic E-state index is 6.06. The fraction of sp³-hybridized carbons (Fsp3) is 0.200. The Morgan fingerprint density at radius 1 is 1.33 bits per heavy atom. The minimum atomic E-state index is 0.833. The Morgan fingerprint density at radius 3 is 2.92 bits per heavy atom. The molecule has 0 aliphatic carbocycles. The van der Waals surface area contributed by atoms with Gasteiger partial charge in [0.05, 0.1) is 10.5 Å². The van der Waals surface area contributed by atoms with E-state index in [1.807, 2.05) is 12.1 Å². The second kappa shape index (κ2) is 2.83. The second-order valence-corrected chi connectivity index (χ2v) is 3.19. The molecule has 2 heteroatoms. The lowest BCUT2D eigenvalue weighted by molar-refractivity contribution is 0.798. The van der Waals surface area contributed by atoms with E-state index in [1.54, 1.807) is 0 Å². The molecule has 0 saturated heterocycles. The van der Waals surface area contributed by atoms with Crippen molar-refractivity contribution in [3.05, 3.63) is 35.5 Å². The number of aryl methyl sites for hydroxylation is 1. The van der Waals surface area contributed by atoms with Gasteiger partial charge >= 0.3 is 0 Å². The zero-order valence-corrected chi connectivity index (χ0v) is 7.67. The molecular formula is C10H10ClN. The summed E-state index contributed by atoms with van der Waals surface area (Å²) in [5.41, 5.74) is 1.14. The van der Waals surface area contributed by atoms with E-state index in [9.17, 15) is 0 Å². The molecule has 12 heavy (non-hydrogen) atoms. The highest BCUT2D eigenvalue weighted by Gasteiger charge is 2.01. The molecule has 0 spiro atoms. The third-order valence-electron chi connectivity index (χ3n) is 2.08. The first kappa shape index (κ1) is 7.69. The fourth-order valence-corrected chi connectivity index (χ4v) is 1.77. The molecule has 0 saturated carbocycles. The number of hydrogen-bond donors (Lipinski definition) is 0. The van der Waals surface area contributed by atoms with Crippen LogP contribution in [-0.4, -0.2) is 4.57 Å². The average Bonchev–Trinajstić information content (AvgIpc) is 2.49. The molecule has 0 bridgehead atoms. The maximum atomic E-state index is 6.06. The van der Waals surface area contributed by atoms with Crippen molar-refractivity contribution in [2.24, 2.45) is 0 Å². The van der Waals surface area contributed by atoms with Crippen molar-refractivity contribution in [1.29, 1.82) is 0 Å². The van der Waals surface area contributed by atoms with E-state index in [2.05, 4.69) is 29.8 Å². The number of hydrogen-bond acceptors (Lipinski definition) is 0. The predicted molar refractivity (Wildman–Crippen MR) is 52.6 cm³/mol. The Kier molecular flexibility index (Phi) is 1.81. The van der Waals surface area contributed by atoms with Crippen LogP contribution in [0.2, 0.25) is 5.02 Å². The highest BCUT2D eigenvalue weighted by atomic mass is 35.5. The van der Waals surface area contributed by atoms with E-state index in [0.717, 1.165) is 17.1 Å². The summed E-state index contributed by atoms with van der Waals surface area (Å²) in [6, 6.07) is 8.07. The predicted octanol–water partition coefficient (Wildman–Crippen LogP) is 3.31. The van der Waals surface area contributed by atoms with E-state index >= 15 is 0 Å². The summed E-state index contributed by atoms with van der Waals surface area (Å²) in [6.45, 7) is 3.08. The molecule has 62 valence electrons. The van der Waals surface area contributed by atoms with Crippen LogP contribution in [0.4, 0.5) is 0 Å². The summed E-state index contributed by atoms with van der Waals surface area (Å²) in [5, 5.41) is 2.05. The molecule has 0 fully saturated rings. The van der Waals surface area contributed by atoms with Crippen LogP contribution >= 0.6 is 11.6 Å². The summed E-state index contributed by atoms with van der Waals surface area (Å²) in [5.74, 6) is 0. The lowest BCUT2D eigenvalue weighted by atomic mass is 10.2. The van der Waals surface area contributed by atoms with Gasteiger partial charge in [0.2, 0.25) is 0 Å². The zero-order chi connectivity index (χ0) is 8.55. The monoisotopic (exact) mass is 179 g/mol. The minimum Gasteiger partial charge on any atom is -0.347 e. The molecule has 2 aromatic rings. The standard InChI is InChI=1S/C10H10ClN/c1-2-12-7-6-8-4-3-5-9(11)10(8)12/h3-7H,2H2,1H3. The van der Waals surface area contributed by atoms with Crippen molar-refractivity contribution in [2.45, 2.75) is 13.5 Å². The van der Waals surface area contributed by atoms with E-state index < -0.39 is 0 Å². The second-order valence-electron chi connectivity index (χ2n) is 2.78. The topological polar surface area (TPSA) is 4.93 Å². The Hall–Kier alpha value is -0.950. The summed E-state index contributed by atoms with van der Waals surface area (Å²) in [7, 11) is 0. The normalized spacial score (nSPS) is 10.8. The Morgan fingerprint density at radius 2 is 2.17 bits per heavy atom. The average molecular weight is 180 g/mol. The number of benzene rings is 1. The van der Waals surface area contributed by atoms with Crippen molar-refractivity contribution in [3.63, 3.8) is 0 Å². The summed E-state index contributed by atoms with van der Waals surface area (Å²) in [4.78, 5) is 0. The lowest BCUT2D eigenvalue weighted by Crippen LogP contribution is -1.90. The van der Waals surface area contributed by atoms with Gasteiger partial charge in [-0.2, -0.15) is 0 Å². The number of fused-ring (bicyclic) bond motifs is 1. The fourth-order valence-electron chi connectivity index (χ4n) is 1.48. The number of nitrogens with zero attached hydrogens (tertiary/aromatic N) is 1. The number of halogens is 1. The van der Waals surface area contributed by atoms with Gasteiger partial charge in [-0.3, -0.25) is 0 Å². The van der Waals surface area contributed by atoms with Gasteiger partial charge in [0.1, 0.15) is 0 Å². The molecule has 0 unspecified atom stereocenters. The van der Waals surface area contributed by atoms with Crippen LogP contribution in [0.5, 0.6) is 0 Å². The van der Waals surface area contributed by atoms with Gasteiger partial charge in [0, 0.05) is 18.1 Å². The lowest BCUT2D eigenvalue weighted by Gasteiger charge is -2.01. The molecule has 0 amide bonds. The van der Waals surface area contributed by atoms with Crippen LogP contribution in [0, 0.1) is 0 Å². The van der Waals surface area contributed by atoms with Gasteiger partial charge in [-0.25, -0.2) is 0 Å². The SMILES string of the molecule is CCn1ccc2cccc(Cl)c21. The highest BCUT2D eigenvalue weighted by molar-refractivity contribution is 6.35. The molecule has 1 heterocycles. The first-order valence-corrected chi connectivity index (χ1v) is 4.44. The number of aromatic nitrogens is 1. The van der Waals surface area contributed by atoms with Crippen molar-refractivity contribution in [1.82, 2.24) is 4.57 Å². The third-order valence-corrected chi connectivity index (χ3v) is 2.38. The molecule has 0 N–H and O–H groups in total. The Bertz CT molecular complexity index is 403. The van der Waals surface area contributed by atoms with E-state index in [4.69, 9.17) is 11.6 Å². The van der Waals surface area contributed by atoms with Crippen LogP contribution in [0.1, 0.15) is 6.92 Å². The summed E-state index contributed by atoms with van der Waals surface area (Å²) in [6.07, 6.45) is 2.07.